The number of hydrogen-bond donors (Lipinski definition) is 2. The number of piperazine rings is 1. The Morgan fingerprint density at radius 1 is 1.15 bits per heavy atom. The number of rotatable bonds is 6. The maximum absolute atomic E-state index is 15.8. The first-order valence-electron chi connectivity index (χ1n) is 13.7. The quantitative estimate of drug-likeness (QED) is 0.562. The monoisotopic (exact) mass is 560 g/mol. The van der Waals surface area contributed by atoms with E-state index in [1.54, 1.807) is 12.1 Å². The first kappa shape index (κ1) is 28.2. The van der Waals surface area contributed by atoms with Gasteiger partial charge in [-0.25, -0.2) is 18.2 Å². The lowest BCUT2D eigenvalue weighted by atomic mass is 9.85. The lowest BCUT2D eigenvalue weighted by Crippen LogP contribution is -2.50. The molecule has 2 aromatic rings. The predicted molar refractivity (Wildman–Crippen MR) is 146 cm³/mol. The highest BCUT2D eigenvalue weighted by Crippen LogP contribution is 2.36. The SMILES string of the molecule is C[C@H]1CN(c2cc(F)c(-c3cccc(N4CCOCC4)n3)cc2NC(=O)C2CNC(=O)CC2C(F)F)CCN1C. The summed E-state index contributed by atoms with van der Waals surface area (Å²) in [5.74, 6) is -3.46. The summed E-state index contributed by atoms with van der Waals surface area (Å²) in [6.45, 7) is 6.32. The number of hydrogen-bond acceptors (Lipinski definition) is 7. The van der Waals surface area contributed by atoms with E-state index in [1.165, 1.54) is 12.1 Å². The van der Waals surface area contributed by atoms with E-state index in [4.69, 9.17) is 9.72 Å². The molecular weight excluding hydrogens is 525 g/mol. The van der Waals surface area contributed by atoms with Crippen molar-refractivity contribution >= 4 is 29.0 Å². The van der Waals surface area contributed by atoms with E-state index in [0.29, 0.717) is 62.3 Å². The molecule has 9 nitrogen and oxygen atoms in total. The Morgan fingerprint density at radius 2 is 1.93 bits per heavy atom. The van der Waals surface area contributed by atoms with E-state index in [9.17, 15) is 18.4 Å². The molecule has 3 fully saturated rings. The summed E-state index contributed by atoms with van der Waals surface area (Å²) in [4.78, 5) is 36.1. The number of carbonyl (C=O) groups excluding carboxylic acids is 2. The molecule has 12 heteroatoms. The fraction of sp³-hybridized carbons (Fsp3) is 0.536. The molecule has 3 saturated heterocycles. The molecule has 2 N–H and O–H groups in total. The van der Waals surface area contributed by atoms with Gasteiger partial charge in [-0.2, -0.15) is 0 Å². The number of nitrogens with zero attached hydrogens (tertiary/aromatic N) is 4. The Bertz CT molecular complexity index is 1240. The number of aromatic nitrogens is 1. The third-order valence-corrected chi connectivity index (χ3v) is 8.11. The van der Waals surface area contributed by atoms with Gasteiger partial charge in [0.05, 0.1) is 36.2 Å². The molecular formula is C28H35F3N6O3. The summed E-state index contributed by atoms with van der Waals surface area (Å²) in [5.41, 5.74) is 1.39. The van der Waals surface area contributed by atoms with E-state index in [1.807, 2.05) is 18.0 Å². The smallest absolute Gasteiger partial charge is 0.242 e. The summed E-state index contributed by atoms with van der Waals surface area (Å²) in [6, 6.07) is 8.48. The lowest BCUT2D eigenvalue weighted by Gasteiger charge is -2.40. The van der Waals surface area contributed by atoms with Crippen LogP contribution in [-0.2, 0) is 14.3 Å². The zero-order valence-electron chi connectivity index (χ0n) is 22.7. The molecule has 1 aromatic carbocycles. The molecule has 40 heavy (non-hydrogen) atoms. The second-order valence-electron chi connectivity index (χ2n) is 10.7. The van der Waals surface area contributed by atoms with Crippen molar-refractivity contribution in [2.75, 3.05) is 74.6 Å². The van der Waals surface area contributed by atoms with Crippen molar-refractivity contribution < 1.29 is 27.5 Å². The molecule has 5 rings (SSSR count). The number of morpholine rings is 1. The van der Waals surface area contributed by atoms with Gasteiger partial charge in [0.2, 0.25) is 18.2 Å². The van der Waals surface area contributed by atoms with E-state index < -0.39 is 42.3 Å². The third-order valence-electron chi connectivity index (χ3n) is 8.11. The molecule has 3 aliphatic heterocycles. The molecule has 0 bridgehead atoms. The fourth-order valence-corrected chi connectivity index (χ4v) is 5.51. The summed E-state index contributed by atoms with van der Waals surface area (Å²) in [7, 11) is 2.02. The van der Waals surface area contributed by atoms with Gasteiger partial charge in [-0.1, -0.05) is 6.07 Å². The lowest BCUT2D eigenvalue weighted by molar-refractivity contribution is -0.133. The van der Waals surface area contributed by atoms with Crippen molar-refractivity contribution in [3.63, 3.8) is 0 Å². The van der Waals surface area contributed by atoms with Crippen molar-refractivity contribution in [2.45, 2.75) is 25.8 Å². The zero-order valence-corrected chi connectivity index (χ0v) is 22.7. The Balaban J connectivity index is 1.50. The Hall–Kier alpha value is -3.38. The molecule has 3 aliphatic rings. The van der Waals surface area contributed by atoms with Gasteiger partial charge >= 0.3 is 0 Å². The number of carbonyl (C=O) groups is 2. The van der Waals surface area contributed by atoms with E-state index in [0.717, 1.165) is 6.54 Å². The molecule has 0 saturated carbocycles. The number of ether oxygens (including phenoxy) is 1. The Labute approximate surface area is 231 Å². The van der Waals surface area contributed by atoms with Gasteiger partial charge in [-0.3, -0.25) is 9.59 Å². The van der Waals surface area contributed by atoms with Crippen LogP contribution in [0.25, 0.3) is 11.3 Å². The number of amides is 2. The second kappa shape index (κ2) is 12.0. The van der Waals surface area contributed by atoms with Crippen LogP contribution >= 0.6 is 0 Å². The van der Waals surface area contributed by atoms with Crippen molar-refractivity contribution in [2.24, 2.45) is 11.8 Å². The number of halogens is 3. The van der Waals surface area contributed by atoms with Gasteiger partial charge in [0.25, 0.3) is 0 Å². The van der Waals surface area contributed by atoms with Gasteiger partial charge in [0, 0.05) is 63.2 Å². The van der Waals surface area contributed by atoms with E-state index in [2.05, 4.69) is 27.4 Å². The zero-order chi connectivity index (χ0) is 28.4. The second-order valence-corrected chi connectivity index (χ2v) is 10.7. The maximum Gasteiger partial charge on any atom is 0.242 e. The number of benzene rings is 1. The van der Waals surface area contributed by atoms with Crippen LogP contribution in [0.15, 0.2) is 30.3 Å². The maximum atomic E-state index is 15.8. The molecule has 1 aromatic heterocycles. The van der Waals surface area contributed by atoms with Crippen LogP contribution in [0, 0.1) is 17.7 Å². The first-order chi connectivity index (χ1) is 19.2. The van der Waals surface area contributed by atoms with Gasteiger partial charge in [0.1, 0.15) is 11.6 Å². The van der Waals surface area contributed by atoms with Gasteiger partial charge in [-0.15, -0.1) is 0 Å². The van der Waals surface area contributed by atoms with Crippen LogP contribution < -0.4 is 20.4 Å². The largest absolute Gasteiger partial charge is 0.378 e. The predicted octanol–water partition coefficient (Wildman–Crippen LogP) is 2.82. The topological polar surface area (TPSA) is 90.0 Å². The minimum atomic E-state index is -2.82. The van der Waals surface area contributed by atoms with Crippen LogP contribution in [0.4, 0.5) is 30.4 Å². The first-order valence-corrected chi connectivity index (χ1v) is 13.7. The highest BCUT2D eigenvalue weighted by Gasteiger charge is 2.40. The molecule has 4 heterocycles. The fourth-order valence-electron chi connectivity index (χ4n) is 5.51. The number of anilines is 3. The molecule has 0 spiro atoms. The highest BCUT2D eigenvalue weighted by molar-refractivity contribution is 5.98. The van der Waals surface area contributed by atoms with E-state index >= 15 is 4.39 Å². The van der Waals surface area contributed by atoms with Crippen molar-refractivity contribution in [1.29, 1.82) is 0 Å². The average molecular weight is 561 g/mol. The van der Waals surface area contributed by atoms with Crippen molar-refractivity contribution in [1.82, 2.24) is 15.2 Å². The number of piperidine rings is 1. The summed E-state index contributed by atoms with van der Waals surface area (Å²) < 4.78 is 48.7. The third kappa shape index (κ3) is 6.02. The standard InChI is InChI=1S/C28H35F3N6O3/c1-17-16-37(7-6-35(17)2)24-14-21(29)19(22-4-3-5-25(33-22)36-8-10-40-11-9-36)12-23(24)34-28(39)20-15-32-26(38)13-18(20)27(30)31/h3-5,12,14,17-18,20,27H,6-11,13,15-16H2,1-2H3,(H,32,38)(H,34,39)/t17-,18?,20?/m0/s1. The summed E-state index contributed by atoms with van der Waals surface area (Å²) in [5, 5.41) is 5.34. The molecule has 2 amide bonds. The van der Waals surface area contributed by atoms with Gasteiger partial charge in [0.15, 0.2) is 0 Å². The minimum absolute atomic E-state index is 0.183. The molecule has 2 unspecified atom stereocenters. The number of pyridine rings is 1. The highest BCUT2D eigenvalue weighted by atomic mass is 19.3. The van der Waals surface area contributed by atoms with Crippen molar-refractivity contribution in [3.8, 4) is 11.3 Å². The molecule has 0 aliphatic carbocycles. The number of nitrogens with one attached hydrogen (secondary N) is 2. The normalized spacial score (nSPS) is 24.2. The Kier molecular flexibility index (Phi) is 8.46. The average Bonchev–Trinajstić information content (AvgIpc) is 2.95. The molecule has 3 atom stereocenters. The molecule has 216 valence electrons. The van der Waals surface area contributed by atoms with E-state index in [-0.39, 0.29) is 18.2 Å². The van der Waals surface area contributed by atoms with Crippen LogP contribution in [-0.4, -0.2) is 93.7 Å². The Morgan fingerprint density at radius 3 is 2.65 bits per heavy atom. The van der Waals surface area contributed by atoms with Crippen LogP contribution in [0.1, 0.15) is 13.3 Å². The van der Waals surface area contributed by atoms with Gasteiger partial charge in [-0.05, 0) is 38.2 Å². The molecule has 0 radical (unpaired) electrons. The van der Waals surface area contributed by atoms with Gasteiger partial charge < -0.3 is 30.1 Å². The number of likely N-dealkylation sites (N-methyl/N-ethyl adjacent to an activating group) is 1. The minimum Gasteiger partial charge on any atom is -0.378 e. The van der Waals surface area contributed by atoms with Crippen molar-refractivity contribution in [3.05, 3.63) is 36.1 Å². The summed E-state index contributed by atoms with van der Waals surface area (Å²) >= 11 is 0. The number of alkyl halides is 2. The van der Waals surface area contributed by atoms with Crippen LogP contribution in [0.5, 0.6) is 0 Å². The van der Waals surface area contributed by atoms with Crippen LogP contribution in [0.2, 0.25) is 0 Å². The van der Waals surface area contributed by atoms with Crippen LogP contribution in [0.3, 0.4) is 0 Å². The summed E-state index contributed by atoms with van der Waals surface area (Å²) in [6.07, 6.45) is -3.25.